The van der Waals surface area contributed by atoms with Crippen molar-refractivity contribution < 1.29 is 9.50 Å². The summed E-state index contributed by atoms with van der Waals surface area (Å²) < 4.78 is 13.4. The van der Waals surface area contributed by atoms with E-state index in [9.17, 15) is 9.50 Å². The molecule has 0 spiro atoms. The number of benzene rings is 1. The van der Waals surface area contributed by atoms with E-state index in [1.165, 1.54) is 31.0 Å². The summed E-state index contributed by atoms with van der Waals surface area (Å²) in [5.74, 6) is -0.108. The van der Waals surface area contributed by atoms with E-state index in [1.807, 2.05) is 0 Å². The summed E-state index contributed by atoms with van der Waals surface area (Å²) in [6.45, 7) is 2.05. The smallest absolute Gasteiger partial charge is 0.123 e. The van der Waals surface area contributed by atoms with Crippen molar-refractivity contribution in [2.75, 3.05) is 0 Å². The molecule has 2 heterocycles. The van der Waals surface area contributed by atoms with Gasteiger partial charge in [-0.05, 0) is 50.8 Å². The van der Waals surface area contributed by atoms with E-state index in [4.69, 9.17) is 5.73 Å². The van der Waals surface area contributed by atoms with Crippen molar-refractivity contribution in [3.8, 4) is 5.75 Å². The highest BCUT2D eigenvalue weighted by Gasteiger charge is 2.42. The van der Waals surface area contributed by atoms with Gasteiger partial charge in [0.25, 0.3) is 0 Å². The van der Waals surface area contributed by atoms with Gasteiger partial charge in [-0.2, -0.15) is 0 Å². The molecule has 4 heteroatoms. The van der Waals surface area contributed by atoms with Gasteiger partial charge in [-0.1, -0.05) is 0 Å². The molecular weight excluding hydrogens is 243 g/mol. The Morgan fingerprint density at radius 2 is 1.95 bits per heavy atom. The standard InChI is InChI=1S/C15H21FN2O/c1-9(14-6-10(16)2-5-15(14)19)18-12-3-4-13(18)8-11(17)7-12/h2,5-6,9,11-13,19H,3-4,7-8,17H2,1H3. The Hall–Kier alpha value is -1.13. The van der Waals surface area contributed by atoms with E-state index in [1.54, 1.807) is 0 Å². The van der Waals surface area contributed by atoms with Crippen molar-refractivity contribution in [2.24, 2.45) is 5.73 Å². The number of aromatic hydroxyl groups is 1. The molecule has 0 aliphatic carbocycles. The van der Waals surface area contributed by atoms with Crippen LogP contribution >= 0.6 is 0 Å². The molecule has 2 aliphatic rings. The molecule has 3 atom stereocenters. The Labute approximate surface area is 113 Å². The summed E-state index contributed by atoms with van der Waals surface area (Å²) in [6, 6.07) is 5.49. The second-order valence-electron chi connectivity index (χ2n) is 5.94. The van der Waals surface area contributed by atoms with Gasteiger partial charge in [0.15, 0.2) is 0 Å². The predicted octanol–water partition coefficient (Wildman–Crippen LogP) is 2.55. The maximum Gasteiger partial charge on any atom is 0.123 e. The first-order valence-corrected chi connectivity index (χ1v) is 7.07. The summed E-state index contributed by atoms with van der Waals surface area (Å²) in [5, 5.41) is 9.96. The molecule has 3 nitrogen and oxygen atoms in total. The van der Waals surface area contributed by atoms with Gasteiger partial charge < -0.3 is 10.8 Å². The van der Waals surface area contributed by atoms with Crippen molar-refractivity contribution in [2.45, 2.75) is 56.8 Å². The lowest BCUT2D eigenvalue weighted by Gasteiger charge is -2.41. The first kappa shape index (κ1) is 12.9. The first-order valence-electron chi connectivity index (χ1n) is 7.07. The van der Waals surface area contributed by atoms with Crippen LogP contribution in [0.4, 0.5) is 4.39 Å². The maximum atomic E-state index is 13.4. The highest BCUT2D eigenvalue weighted by atomic mass is 19.1. The predicted molar refractivity (Wildman–Crippen MR) is 72.3 cm³/mol. The van der Waals surface area contributed by atoms with Crippen molar-refractivity contribution in [1.82, 2.24) is 4.90 Å². The van der Waals surface area contributed by atoms with Crippen molar-refractivity contribution >= 4 is 0 Å². The third kappa shape index (κ3) is 2.23. The number of piperidine rings is 1. The first-order chi connectivity index (χ1) is 9.06. The summed E-state index contributed by atoms with van der Waals surface area (Å²) >= 11 is 0. The highest BCUT2D eigenvalue weighted by molar-refractivity contribution is 5.35. The molecule has 2 saturated heterocycles. The van der Waals surface area contributed by atoms with Gasteiger partial charge in [-0.25, -0.2) is 4.39 Å². The average Bonchev–Trinajstić information content (AvgIpc) is 2.64. The molecule has 0 radical (unpaired) electrons. The quantitative estimate of drug-likeness (QED) is 0.863. The lowest BCUT2D eigenvalue weighted by atomic mass is 9.94. The minimum absolute atomic E-state index is 0.0423. The fourth-order valence-electron chi connectivity index (χ4n) is 3.91. The molecule has 104 valence electrons. The number of phenolic OH excluding ortho intramolecular Hbond substituents is 1. The van der Waals surface area contributed by atoms with Crippen molar-refractivity contribution in [1.29, 1.82) is 0 Å². The van der Waals surface area contributed by atoms with Gasteiger partial charge in [-0.3, -0.25) is 4.90 Å². The Bertz CT molecular complexity index is 465. The van der Waals surface area contributed by atoms with Crippen molar-refractivity contribution in [3.63, 3.8) is 0 Å². The third-order valence-electron chi connectivity index (χ3n) is 4.71. The minimum atomic E-state index is -0.291. The molecule has 1 aromatic rings. The average molecular weight is 264 g/mol. The molecule has 2 bridgehead atoms. The molecule has 2 aliphatic heterocycles. The summed E-state index contributed by atoms with van der Waals surface area (Å²) in [5.41, 5.74) is 6.76. The zero-order chi connectivity index (χ0) is 13.6. The van der Waals surface area contributed by atoms with Crippen LogP contribution in [0.5, 0.6) is 5.75 Å². The van der Waals surface area contributed by atoms with Crippen LogP contribution in [-0.4, -0.2) is 28.1 Å². The largest absolute Gasteiger partial charge is 0.508 e. The zero-order valence-corrected chi connectivity index (χ0v) is 11.2. The van der Waals surface area contributed by atoms with Crippen LogP contribution in [0.3, 0.4) is 0 Å². The molecule has 3 N–H and O–H groups in total. The van der Waals surface area contributed by atoms with Crippen LogP contribution in [0.15, 0.2) is 18.2 Å². The number of nitrogens with two attached hydrogens (primary N) is 1. The number of hydrogen-bond donors (Lipinski definition) is 2. The monoisotopic (exact) mass is 264 g/mol. The van der Waals surface area contributed by atoms with E-state index >= 15 is 0 Å². The molecule has 0 aromatic heterocycles. The zero-order valence-electron chi connectivity index (χ0n) is 11.2. The van der Waals surface area contributed by atoms with Crippen molar-refractivity contribution in [3.05, 3.63) is 29.6 Å². The second kappa shape index (κ2) is 4.76. The molecule has 0 amide bonds. The fourth-order valence-corrected chi connectivity index (χ4v) is 3.91. The number of fused-ring (bicyclic) bond motifs is 2. The van der Waals surface area contributed by atoms with Gasteiger partial charge in [0.1, 0.15) is 11.6 Å². The molecule has 3 rings (SSSR count). The molecule has 1 aromatic carbocycles. The molecule has 2 fully saturated rings. The molecule has 3 unspecified atom stereocenters. The molecular formula is C15H21FN2O. The lowest BCUT2D eigenvalue weighted by Crippen LogP contribution is -2.48. The van der Waals surface area contributed by atoms with E-state index in [2.05, 4.69) is 11.8 Å². The Balaban J connectivity index is 1.88. The number of hydrogen-bond acceptors (Lipinski definition) is 3. The summed E-state index contributed by atoms with van der Waals surface area (Å²) in [4.78, 5) is 2.43. The topological polar surface area (TPSA) is 49.5 Å². The number of nitrogens with zero attached hydrogens (tertiary/aromatic N) is 1. The van der Waals surface area contributed by atoms with Crippen LogP contribution in [0.1, 0.15) is 44.2 Å². The molecule has 0 saturated carbocycles. The van der Waals surface area contributed by atoms with Gasteiger partial charge >= 0.3 is 0 Å². The van der Waals surface area contributed by atoms with Crippen LogP contribution in [0.25, 0.3) is 0 Å². The van der Waals surface area contributed by atoms with Crippen LogP contribution in [0, 0.1) is 5.82 Å². The van der Waals surface area contributed by atoms with E-state index in [0.29, 0.717) is 23.7 Å². The SMILES string of the molecule is CC(c1cc(F)ccc1O)N1C2CCC1CC(N)C2. The van der Waals surface area contributed by atoms with Crippen LogP contribution < -0.4 is 5.73 Å². The van der Waals surface area contributed by atoms with Gasteiger partial charge in [0.05, 0.1) is 0 Å². The summed E-state index contributed by atoms with van der Waals surface area (Å²) in [6.07, 6.45) is 4.35. The van der Waals surface area contributed by atoms with E-state index in [0.717, 1.165) is 12.8 Å². The molecule has 19 heavy (non-hydrogen) atoms. The Kier molecular flexibility index (Phi) is 3.23. The minimum Gasteiger partial charge on any atom is -0.508 e. The van der Waals surface area contributed by atoms with E-state index < -0.39 is 0 Å². The Morgan fingerprint density at radius 3 is 2.58 bits per heavy atom. The Morgan fingerprint density at radius 1 is 1.32 bits per heavy atom. The van der Waals surface area contributed by atoms with Gasteiger partial charge in [0.2, 0.25) is 0 Å². The van der Waals surface area contributed by atoms with E-state index in [-0.39, 0.29) is 17.6 Å². The van der Waals surface area contributed by atoms with Gasteiger partial charge in [0, 0.05) is 29.7 Å². The fraction of sp³-hybridized carbons (Fsp3) is 0.600. The van der Waals surface area contributed by atoms with Crippen LogP contribution in [-0.2, 0) is 0 Å². The van der Waals surface area contributed by atoms with Crippen LogP contribution in [0.2, 0.25) is 0 Å². The highest BCUT2D eigenvalue weighted by Crippen LogP contribution is 2.42. The maximum absolute atomic E-state index is 13.4. The van der Waals surface area contributed by atoms with Gasteiger partial charge in [-0.15, -0.1) is 0 Å². The number of halogens is 1. The second-order valence-corrected chi connectivity index (χ2v) is 5.94. The third-order valence-corrected chi connectivity index (χ3v) is 4.71. The number of phenols is 1. The normalized spacial score (nSPS) is 32.5. The summed E-state index contributed by atoms with van der Waals surface area (Å²) in [7, 11) is 0. The number of rotatable bonds is 2. The lowest BCUT2D eigenvalue weighted by molar-refractivity contribution is 0.0840.